The van der Waals surface area contributed by atoms with Crippen LogP contribution in [-0.2, 0) is 14.6 Å². The van der Waals surface area contributed by atoms with Crippen molar-refractivity contribution in [1.29, 1.82) is 0 Å². The molecule has 0 spiro atoms. The number of fused-ring (bicyclic) bond motifs is 1. The predicted octanol–water partition coefficient (Wildman–Crippen LogP) is 4.94. The van der Waals surface area contributed by atoms with E-state index >= 15 is 0 Å². The third-order valence-electron chi connectivity index (χ3n) is 7.98. The van der Waals surface area contributed by atoms with Crippen LogP contribution in [0.25, 0.3) is 28.0 Å². The van der Waals surface area contributed by atoms with Crippen molar-refractivity contribution >= 4 is 44.2 Å². The molecule has 0 saturated carbocycles. The highest BCUT2D eigenvalue weighted by atomic mass is 35.5. The highest BCUT2D eigenvalue weighted by molar-refractivity contribution is 7.90. The third-order valence-corrected chi connectivity index (χ3v) is 9.43. The summed E-state index contributed by atoms with van der Waals surface area (Å²) >= 11 is 6.90. The van der Waals surface area contributed by atoms with Gasteiger partial charge in [0.05, 0.1) is 32.4 Å². The number of aryl methyl sites for hydroxylation is 1. The van der Waals surface area contributed by atoms with Crippen molar-refractivity contribution in [2.45, 2.75) is 57.5 Å². The molecule has 230 valence electrons. The SMILES string of the molecule is C=CC(=O)N1CC(C)N(c2nc(=O)n(-c3c(C)ccnc3C(C)C)c3nc(-c4ccccc4S(C)(=O)=O)c(Cl)cc23)CC1C. The lowest BCUT2D eigenvalue weighted by Gasteiger charge is -2.44. The van der Waals surface area contributed by atoms with Crippen LogP contribution in [-0.4, -0.2) is 70.2 Å². The van der Waals surface area contributed by atoms with Crippen LogP contribution in [0, 0.1) is 6.92 Å². The topological polar surface area (TPSA) is 118 Å². The smallest absolute Gasteiger partial charge is 0.349 e. The van der Waals surface area contributed by atoms with Gasteiger partial charge in [-0.15, -0.1) is 0 Å². The van der Waals surface area contributed by atoms with E-state index < -0.39 is 15.5 Å². The van der Waals surface area contributed by atoms with Crippen LogP contribution in [0.4, 0.5) is 5.82 Å². The highest BCUT2D eigenvalue weighted by Gasteiger charge is 2.34. The van der Waals surface area contributed by atoms with Crippen LogP contribution < -0.4 is 10.6 Å². The molecular formula is C32H35ClN6O4S. The number of halogens is 1. The van der Waals surface area contributed by atoms with E-state index in [1.165, 1.54) is 16.7 Å². The van der Waals surface area contributed by atoms with E-state index in [0.29, 0.717) is 41.2 Å². The zero-order valence-electron chi connectivity index (χ0n) is 25.6. The number of hydrogen-bond donors (Lipinski definition) is 0. The molecule has 0 radical (unpaired) electrons. The number of rotatable bonds is 6. The first kappa shape index (κ1) is 31.3. The van der Waals surface area contributed by atoms with Crippen molar-refractivity contribution in [2.24, 2.45) is 0 Å². The molecular weight excluding hydrogens is 600 g/mol. The second kappa shape index (κ2) is 11.8. The number of sulfone groups is 1. The summed E-state index contributed by atoms with van der Waals surface area (Å²) in [6.07, 6.45) is 4.14. The Labute approximate surface area is 262 Å². The summed E-state index contributed by atoms with van der Waals surface area (Å²) in [4.78, 5) is 44.6. The lowest BCUT2D eigenvalue weighted by Crippen LogP contribution is -2.58. The Kier molecular flexibility index (Phi) is 8.39. The minimum absolute atomic E-state index is 0.0272. The molecule has 0 aliphatic carbocycles. The normalized spacial score (nSPS) is 17.4. The van der Waals surface area contributed by atoms with Gasteiger partial charge in [0.1, 0.15) is 5.82 Å². The number of pyridine rings is 2. The number of benzene rings is 1. The average Bonchev–Trinajstić information content (AvgIpc) is 2.97. The number of piperazine rings is 1. The predicted molar refractivity (Wildman–Crippen MR) is 173 cm³/mol. The zero-order valence-corrected chi connectivity index (χ0v) is 27.1. The number of nitrogens with zero attached hydrogens (tertiary/aromatic N) is 6. The number of anilines is 1. The molecule has 1 saturated heterocycles. The van der Waals surface area contributed by atoms with Gasteiger partial charge in [-0.05, 0) is 56.5 Å². The van der Waals surface area contributed by atoms with Crippen molar-refractivity contribution in [3.8, 4) is 16.9 Å². The Morgan fingerprint density at radius 2 is 1.82 bits per heavy atom. The first-order chi connectivity index (χ1) is 20.7. The Bertz CT molecular complexity index is 1970. The summed E-state index contributed by atoms with van der Waals surface area (Å²) in [5.74, 6) is 0.196. The first-order valence-electron chi connectivity index (χ1n) is 14.3. The fourth-order valence-electron chi connectivity index (χ4n) is 5.83. The lowest BCUT2D eigenvalue weighted by molar-refractivity contribution is -0.128. The molecule has 1 aliphatic heterocycles. The molecule has 1 aromatic carbocycles. The molecule has 5 rings (SSSR count). The van der Waals surface area contributed by atoms with E-state index in [1.807, 2.05) is 45.6 Å². The maximum atomic E-state index is 14.1. The molecule has 1 amide bonds. The van der Waals surface area contributed by atoms with Gasteiger partial charge in [-0.3, -0.25) is 9.78 Å². The summed E-state index contributed by atoms with van der Waals surface area (Å²) in [5.41, 5.74) is 2.31. The second-order valence-corrected chi connectivity index (χ2v) is 14.0. The lowest BCUT2D eigenvalue weighted by atomic mass is 10.0. The Hall–Kier alpha value is -4.09. The summed E-state index contributed by atoms with van der Waals surface area (Å²) < 4.78 is 26.9. The van der Waals surface area contributed by atoms with E-state index in [4.69, 9.17) is 16.6 Å². The molecule has 0 bridgehead atoms. The highest BCUT2D eigenvalue weighted by Crippen LogP contribution is 2.37. The fourth-order valence-corrected chi connectivity index (χ4v) is 6.97. The van der Waals surface area contributed by atoms with Crippen LogP contribution in [0.15, 0.2) is 64.9 Å². The minimum Gasteiger partial charge on any atom is -0.349 e. The molecule has 0 N–H and O–H groups in total. The number of carbonyl (C=O) groups is 1. The number of carbonyl (C=O) groups excluding carboxylic acids is 1. The molecule has 3 aromatic heterocycles. The largest absolute Gasteiger partial charge is 0.355 e. The Balaban J connectivity index is 1.86. The summed E-state index contributed by atoms with van der Waals surface area (Å²) in [7, 11) is -3.64. The van der Waals surface area contributed by atoms with Crippen molar-refractivity contribution in [3.63, 3.8) is 0 Å². The second-order valence-electron chi connectivity index (χ2n) is 11.6. The quantitative estimate of drug-likeness (QED) is 0.274. The van der Waals surface area contributed by atoms with Gasteiger partial charge < -0.3 is 9.80 Å². The van der Waals surface area contributed by atoms with Gasteiger partial charge in [-0.1, -0.05) is 50.2 Å². The molecule has 4 heterocycles. The van der Waals surface area contributed by atoms with Crippen molar-refractivity contribution in [2.75, 3.05) is 24.2 Å². The van der Waals surface area contributed by atoms with E-state index in [2.05, 4.69) is 16.5 Å². The van der Waals surface area contributed by atoms with Gasteiger partial charge in [-0.25, -0.2) is 22.8 Å². The van der Waals surface area contributed by atoms with E-state index in [-0.39, 0.29) is 45.2 Å². The summed E-state index contributed by atoms with van der Waals surface area (Å²) in [6.45, 7) is 14.2. The molecule has 4 aromatic rings. The fraction of sp³-hybridized carbons (Fsp3) is 0.344. The van der Waals surface area contributed by atoms with Gasteiger partial charge in [-0.2, -0.15) is 4.98 Å². The third kappa shape index (κ3) is 5.50. The minimum atomic E-state index is -3.64. The molecule has 10 nitrogen and oxygen atoms in total. The van der Waals surface area contributed by atoms with Gasteiger partial charge >= 0.3 is 5.69 Å². The van der Waals surface area contributed by atoms with Gasteiger partial charge in [0.25, 0.3) is 0 Å². The van der Waals surface area contributed by atoms with Crippen LogP contribution in [0.5, 0.6) is 0 Å². The van der Waals surface area contributed by atoms with E-state index in [1.54, 1.807) is 35.4 Å². The van der Waals surface area contributed by atoms with E-state index in [9.17, 15) is 18.0 Å². The Morgan fingerprint density at radius 3 is 2.48 bits per heavy atom. The summed E-state index contributed by atoms with van der Waals surface area (Å²) in [6, 6.07) is 9.64. The maximum Gasteiger partial charge on any atom is 0.355 e. The Morgan fingerprint density at radius 1 is 1.11 bits per heavy atom. The molecule has 1 aliphatic rings. The van der Waals surface area contributed by atoms with Crippen LogP contribution in [0.1, 0.15) is 44.9 Å². The maximum absolute atomic E-state index is 14.1. The molecule has 12 heteroatoms. The number of aromatic nitrogens is 4. The average molecular weight is 635 g/mol. The van der Waals surface area contributed by atoms with Crippen molar-refractivity contribution < 1.29 is 13.2 Å². The van der Waals surface area contributed by atoms with Crippen LogP contribution in [0.2, 0.25) is 5.02 Å². The van der Waals surface area contributed by atoms with Crippen LogP contribution >= 0.6 is 11.6 Å². The number of amides is 1. The van der Waals surface area contributed by atoms with E-state index in [0.717, 1.165) is 11.8 Å². The standard InChI is InChI=1S/C32H35ClN6O4S/c1-8-26(40)37-16-21(6)38(17-20(37)5)30-23-15-24(33)28(22-11-9-10-12-25(22)44(7,42)43)35-31(23)39(32(41)36-30)29-19(4)13-14-34-27(29)18(2)3/h8-15,18,20-21H,1,16-17H2,2-7H3. The van der Waals surface area contributed by atoms with Crippen molar-refractivity contribution in [3.05, 3.63) is 82.0 Å². The monoisotopic (exact) mass is 634 g/mol. The van der Waals surface area contributed by atoms with Gasteiger partial charge in [0.15, 0.2) is 15.5 Å². The van der Waals surface area contributed by atoms with Gasteiger partial charge in [0, 0.05) is 43.2 Å². The molecule has 1 fully saturated rings. The summed E-state index contributed by atoms with van der Waals surface area (Å²) in [5, 5.41) is 0.714. The number of hydrogen-bond acceptors (Lipinski definition) is 8. The molecule has 2 unspecified atom stereocenters. The first-order valence-corrected chi connectivity index (χ1v) is 16.6. The molecule has 44 heavy (non-hydrogen) atoms. The van der Waals surface area contributed by atoms with Crippen LogP contribution in [0.3, 0.4) is 0 Å². The van der Waals surface area contributed by atoms with Gasteiger partial charge in [0.2, 0.25) is 5.91 Å². The zero-order chi connectivity index (χ0) is 32.1. The van der Waals surface area contributed by atoms with Crippen molar-refractivity contribution in [1.82, 2.24) is 24.4 Å². The molecule has 2 atom stereocenters.